The molecule has 21 heavy (non-hydrogen) atoms. The Hall–Kier alpha value is -0.980. The van der Waals surface area contributed by atoms with E-state index < -0.39 is 0 Å². The molecule has 1 aliphatic heterocycles. The highest BCUT2D eigenvalue weighted by Gasteiger charge is 2.39. The van der Waals surface area contributed by atoms with Crippen molar-refractivity contribution in [2.24, 2.45) is 0 Å². The number of aliphatic hydroxyl groups excluding tert-OH is 1. The van der Waals surface area contributed by atoms with E-state index in [1.807, 2.05) is 6.92 Å². The minimum absolute atomic E-state index is 0.0364. The van der Waals surface area contributed by atoms with E-state index in [4.69, 9.17) is 9.26 Å². The van der Waals surface area contributed by atoms with Crippen molar-refractivity contribution in [3.05, 3.63) is 11.7 Å². The molecule has 2 fully saturated rings. The van der Waals surface area contributed by atoms with Crippen molar-refractivity contribution in [2.45, 2.75) is 69.6 Å². The van der Waals surface area contributed by atoms with E-state index in [0.29, 0.717) is 31.3 Å². The van der Waals surface area contributed by atoms with Crippen molar-refractivity contribution in [1.82, 2.24) is 15.5 Å². The lowest BCUT2D eigenvalue weighted by Gasteiger charge is -2.29. The first-order valence-corrected chi connectivity index (χ1v) is 8.13. The number of β-amino-alcohol motifs (C(OH)–C–C–N with tert-alkyl or cyclic N) is 1. The summed E-state index contributed by atoms with van der Waals surface area (Å²) in [6, 6.07) is -0.0364. The third-order valence-corrected chi connectivity index (χ3v) is 4.59. The van der Waals surface area contributed by atoms with Gasteiger partial charge in [0.15, 0.2) is 0 Å². The van der Waals surface area contributed by atoms with Gasteiger partial charge in [0.2, 0.25) is 11.7 Å². The molecule has 3 rings (SSSR count). The molecule has 1 saturated carbocycles. The molecule has 0 amide bonds. The van der Waals surface area contributed by atoms with Gasteiger partial charge in [-0.3, -0.25) is 0 Å². The number of aromatic nitrogens is 2. The van der Waals surface area contributed by atoms with Gasteiger partial charge in [0.05, 0.1) is 12.1 Å². The first-order valence-electron chi connectivity index (χ1n) is 8.13. The molecule has 1 aromatic rings. The van der Waals surface area contributed by atoms with Crippen LogP contribution in [0.4, 0.5) is 0 Å². The summed E-state index contributed by atoms with van der Waals surface area (Å²) in [6.45, 7) is 3.26. The maximum atomic E-state index is 9.61. The average molecular weight is 295 g/mol. The van der Waals surface area contributed by atoms with Gasteiger partial charge in [-0.25, -0.2) is 0 Å². The predicted octanol–water partition coefficient (Wildman–Crippen LogP) is 2.05. The molecule has 2 heterocycles. The van der Waals surface area contributed by atoms with Crippen LogP contribution in [0.1, 0.15) is 69.6 Å². The maximum absolute atomic E-state index is 9.61. The van der Waals surface area contributed by atoms with Gasteiger partial charge in [0.25, 0.3) is 0 Å². The molecule has 0 bridgehead atoms. The molecule has 6 heteroatoms. The zero-order valence-electron chi connectivity index (χ0n) is 12.7. The number of nitrogens with zero attached hydrogens (tertiary/aromatic N) is 2. The molecule has 0 unspecified atom stereocenters. The van der Waals surface area contributed by atoms with Crippen molar-refractivity contribution in [3.8, 4) is 0 Å². The quantitative estimate of drug-likeness (QED) is 0.828. The van der Waals surface area contributed by atoms with Gasteiger partial charge < -0.3 is 19.7 Å². The average Bonchev–Trinajstić information content (AvgIpc) is 3.06. The summed E-state index contributed by atoms with van der Waals surface area (Å²) < 4.78 is 11.5. The van der Waals surface area contributed by atoms with Crippen molar-refractivity contribution >= 4 is 0 Å². The summed E-state index contributed by atoms with van der Waals surface area (Å²) in [5, 5.41) is 17.0. The lowest BCUT2D eigenvalue weighted by molar-refractivity contribution is -0.0636. The number of nitrogens with one attached hydrogen (secondary N) is 1. The zero-order chi connectivity index (χ0) is 14.7. The fraction of sp³-hybridized carbons (Fsp3) is 0.867. The zero-order valence-corrected chi connectivity index (χ0v) is 12.7. The molecular weight excluding hydrogens is 270 g/mol. The van der Waals surface area contributed by atoms with Gasteiger partial charge in [-0.05, 0) is 26.2 Å². The number of hydrogen-bond donors (Lipinski definition) is 2. The fourth-order valence-electron chi connectivity index (χ4n) is 3.48. The molecule has 1 aromatic heterocycles. The SMILES string of the molecule is CCOC1(c2noc([C@H]3C[C@@H](O)CN3)n2)CCCCCC1. The minimum Gasteiger partial charge on any atom is -0.392 e. The standard InChI is InChI=1S/C15H25N3O3/c1-2-20-15(7-5-3-4-6-8-15)14-17-13(21-18-14)12-9-11(19)10-16-12/h11-12,16,19H,2-10H2,1H3/t11-,12-/m1/s1. The molecule has 118 valence electrons. The van der Waals surface area contributed by atoms with Crippen LogP contribution in [-0.2, 0) is 10.3 Å². The Kier molecular flexibility index (Phi) is 4.57. The third-order valence-electron chi connectivity index (χ3n) is 4.59. The summed E-state index contributed by atoms with van der Waals surface area (Å²) in [5.74, 6) is 1.26. The third kappa shape index (κ3) is 3.12. The molecule has 1 aliphatic carbocycles. The van der Waals surface area contributed by atoms with Crippen molar-refractivity contribution in [3.63, 3.8) is 0 Å². The van der Waals surface area contributed by atoms with E-state index >= 15 is 0 Å². The first kappa shape index (κ1) is 14.9. The van der Waals surface area contributed by atoms with Gasteiger partial charge in [-0.2, -0.15) is 4.98 Å². The molecule has 0 aromatic carbocycles. The molecule has 1 saturated heterocycles. The van der Waals surface area contributed by atoms with Gasteiger partial charge in [0.1, 0.15) is 5.60 Å². The molecule has 2 N–H and O–H groups in total. The molecule has 2 aliphatic rings. The Balaban J connectivity index is 1.81. The topological polar surface area (TPSA) is 80.4 Å². The van der Waals surface area contributed by atoms with E-state index in [1.165, 1.54) is 12.8 Å². The van der Waals surface area contributed by atoms with Gasteiger partial charge in [-0.15, -0.1) is 0 Å². The second kappa shape index (κ2) is 6.42. The van der Waals surface area contributed by atoms with Gasteiger partial charge in [0, 0.05) is 13.2 Å². The summed E-state index contributed by atoms with van der Waals surface area (Å²) >= 11 is 0. The maximum Gasteiger partial charge on any atom is 0.243 e. The van der Waals surface area contributed by atoms with Crippen LogP contribution in [0, 0.1) is 0 Å². The first-order chi connectivity index (χ1) is 10.2. The van der Waals surface area contributed by atoms with Crippen LogP contribution in [0.2, 0.25) is 0 Å². The minimum atomic E-state index is -0.385. The van der Waals surface area contributed by atoms with Gasteiger partial charge >= 0.3 is 0 Å². The van der Waals surface area contributed by atoms with Crippen LogP contribution in [0.25, 0.3) is 0 Å². The summed E-state index contributed by atoms with van der Waals surface area (Å²) in [5.41, 5.74) is -0.385. The second-order valence-corrected chi connectivity index (χ2v) is 6.15. The summed E-state index contributed by atoms with van der Waals surface area (Å²) in [7, 11) is 0. The molecule has 0 radical (unpaired) electrons. The summed E-state index contributed by atoms with van der Waals surface area (Å²) in [6.07, 6.45) is 6.99. The highest BCUT2D eigenvalue weighted by Crippen LogP contribution is 2.38. The van der Waals surface area contributed by atoms with Gasteiger partial charge in [-0.1, -0.05) is 30.8 Å². The van der Waals surface area contributed by atoms with E-state index in [1.54, 1.807) is 0 Å². The van der Waals surface area contributed by atoms with Crippen LogP contribution in [0.15, 0.2) is 4.52 Å². The van der Waals surface area contributed by atoms with E-state index in [9.17, 15) is 5.11 Å². The molecule has 6 nitrogen and oxygen atoms in total. The largest absolute Gasteiger partial charge is 0.392 e. The van der Waals surface area contributed by atoms with Crippen molar-refractivity contribution in [1.29, 1.82) is 0 Å². The number of rotatable bonds is 4. The predicted molar refractivity (Wildman–Crippen MR) is 76.7 cm³/mol. The van der Waals surface area contributed by atoms with Crippen LogP contribution < -0.4 is 5.32 Å². The Morgan fingerprint density at radius 1 is 1.33 bits per heavy atom. The molecule has 0 spiro atoms. The molecule has 2 atom stereocenters. The van der Waals surface area contributed by atoms with E-state index in [-0.39, 0.29) is 17.7 Å². The fourth-order valence-corrected chi connectivity index (χ4v) is 3.48. The lowest BCUT2D eigenvalue weighted by Crippen LogP contribution is -2.31. The smallest absolute Gasteiger partial charge is 0.243 e. The van der Waals surface area contributed by atoms with Crippen LogP contribution in [-0.4, -0.2) is 34.5 Å². The van der Waals surface area contributed by atoms with E-state index in [0.717, 1.165) is 25.7 Å². The highest BCUT2D eigenvalue weighted by atomic mass is 16.5. The Morgan fingerprint density at radius 2 is 2.10 bits per heavy atom. The van der Waals surface area contributed by atoms with Crippen LogP contribution in [0.3, 0.4) is 0 Å². The molecular formula is C15H25N3O3. The monoisotopic (exact) mass is 295 g/mol. The second-order valence-electron chi connectivity index (χ2n) is 6.15. The normalized spacial score (nSPS) is 29.4. The number of hydrogen-bond acceptors (Lipinski definition) is 6. The van der Waals surface area contributed by atoms with Crippen molar-refractivity contribution in [2.75, 3.05) is 13.2 Å². The lowest BCUT2D eigenvalue weighted by atomic mass is 9.93. The Labute approximate surface area is 125 Å². The Bertz CT molecular complexity index is 455. The highest BCUT2D eigenvalue weighted by molar-refractivity contribution is 5.06. The van der Waals surface area contributed by atoms with Crippen LogP contribution >= 0.6 is 0 Å². The number of aliphatic hydroxyl groups is 1. The summed E-state index contributed by atoms with van der Waals surface area (Å²) in [4.78, 5) is 4.61. The van der Waals surface area contributed by atoms with E-state index in [2.05, 4.69) is 15.5 Å². The van der Waals surface area contributed by atoms with Crippen molar-refractivity contribution < 1.29 is 14.4 Å². The van der Waals surface area contributed by atoms with Crippen LogP contribution in [0.5, 0.6) is 0 Å². The Morgan fingerprint density at radius 3 is 2.71 bits per heavy atom. The number of ether oxygens (including phenoxy) is 1.